The van der Waals surface area contributed by atoms with Crippen LogP contribution >= 0.6 is 22.6 Å². The van der Waals surface area contributed by atoms with E-state index >= 15 is 0 Å². The van der Waals surface area contributed by atoms with E-state index < -0.39 is 11.9 Å². The van der Waals surface area contributed by atoms with Crippen molar-refractivity contribution in [1.82, 2.24) is 14.8 Å². The Morgan fingerprint density at radius 3 is 2.63 bits per heavy atom. The van der Waals surface area contributed by atoms with E-state index in [0.29, 0.717) is 11.5 Å². The minimum absolute atomic E-state index is 0.266. The predicted octanol–water partition coefficient (Wildman–Crippen LogP) is 3.28. The highest BCUT2D eigenvalue weighted by Gasteiger charge is 2.12. The first-order valence-corrected chi connectivity index (χ1v) is 9.22. The third kappa shape index (κ3) is 4.91. The number of esters is 1. The smallest absolute Gasteiger partial charge is 0.340 e. The number of hydrogen-bond acceptors (Lipinski definition) is 5. The average Bonchev–Trinajstić information content (AvgIpc) is 2.98. The number of nitrogens with one attached hydrogen (secondary N) is 1. The van der Waals surface area contributed by atoms with Crippen molar-refractivity contribution in [2.24, 2.45) is 0 Å². The Balaban J connectivity index is 1.58. The molecule has 3 rings (SSSR count). The lowest BCUT2D eigenvalue weighted by Crippen LogP contribution is -2.21. The Morgan fingerprint density at radius 1 is 1.19 bits per heavy atom. The summed E-state index contributed by atoms with van der Waals surface area (Å²) in [6.45, 7) is 3.45. The molecule has 1 aromatic carbocycles. The van der Waals surface area contributed by atoms with E-state index in [-0.39, 0.29) is 12.2 Å². The number of hydrogen-bond donors (Lipinski definition) is 1. The number of halogens is 1. The van der Waals surface area contributed by atoms with Crippen molar-refractivity contribution >= 4 is 40.2 Å². The molecule has 0 spiro atoms. The van der Waals surface area contributed by atoms with Gasteiger partial charge in [-0.3, -0.25) is 4.79 Å². The van der Waals surface area contributed by atoms with Gasteiger partial charge in [-0.25, -0.2) is 14.5 Å². The minimum Gasteiger partial charge on any atom is -0.452 e. The highest BCUT2D eigenvalue weighted by Crippen LogP contribution is 2.13. The van der Waals surface area contributed by atoms with E-state index in [1.807, 2.05) is 38.1 Å². The summed E-state index contributed by atoms with van der Waals surface area (Å²) in [4.78, 5) is 28.3. The van der Waals surface area contributed by atoms with Gasteiger partial charge in [0.15, 0.2) is 12.4 Å². The molecule has 138 valence electrons. The van der Waals surface area contributed by atoms with Crippen LogP contribution in [0.25, 0.3) is 5.82 Å². The number of amides is 1. The molecule has 0 unspecified atom stereocenters. The van der Waals surface area contributed by atoms with Crippen molar-refractivity contribution < 1.29 is 14.3 Å². The molecule has 0 saturated heterocycles. The van der Waals surface area contributed by atoms with Crippen LogP contribution in [0.15, 0.2) is 48.7 Å². The van der Waals surface area contributed by atoms with Gasteiger partial charge in [0.2, 0.25) is 0 Å². The van der Waals surface area contributed by atoms with Crippen LogP contribution in [0.3, 0.4) is 0 Å². The summed E-state index contributed by atoms with van der Waals surface area (Å²) >= 11 is 2.15. The maximum atomic E-state index is 12.1. The van der Waals surface area contributed by atoms with Gasteiger partial charge >= 0.3 is 5.97 Å². The SMILES string of the molecule is Cc1cc(C)n(-c2ccc(C(=O)OCC(=O)Nc3cccc(I)c3)cn2)n1. The van der Waals surface area contributed by atoms with Crippen LogP contribution in [0, 0.1) is 17.4 Å². The Hall–Kier alpha value is -2.75. The number of aryl methyl sites for hydroxylation is 2. The van der Waals surface area contributed by atoms with Crippen LogP contribution in [-0.4, -0.2) is 33.2 Å². The van der Waals surface area contributed by atoms with E-state index in [1.165, 1.54) is 6.20 Å². The largest absolute Gasteiger partial charge is 0.452 e. The third-order valence-electron chi connectivity index (χ3n) is 3.65. The molecule has 2 aromatic heterocycles. The molecular formula is C19H17IN4O3. The van der Waals surface area contributed by atoms with Crippen molar-refractivity contribution in [3.05, 3.63) is 69.2 Å². The average molecular weight is 476 g/mol. The van der Waals surface area contributed by atoms with Gasteiger partial charge in [-0.05, 0) is 72.8 Å². The number of anilines is 1. The lowest BCUT2D eigenvalue weighted by molar-refractivity contribution is -0.119. The van der Waals surface area contributed by atoms with Crippen LogP contribution in [0.4, 0.5) is 5.69 Å². The highest BCUT2D eigenvalue weighted by atomic mass is 127. The minimum atomic E-state index is -0.611. The topological polar surface area (TPSA) is 86.1 Å². The van der Waals surface area contributed by atoms with E-state index in [9.17, 15) is 9.59 Å². The second kappa shape index (κ2) is 8.30. The lowest BCUT2D eigenvalue weighted by Gasteiger charge is -2.08. The number of ether oxygens (including phenoxy) is 1. The van der Waals surface area contributed by atoms with Crippen LogP contribution in [-0.2, 0) is 9.53 Å². The fraction of sp³-hybridized carbons (Fsp3) is 0.158. The second-order valence-corrected chi connectivity index (χ2v) is 7.12. The quantitative estimate of drug-likeness (QED) is 0.452. The standard InChI is InChI=1S/C19H17IN4O3/c1-12-8-13(2)24(23-12)17-7-6-14(10-21-17)19(26)27-11-18(25)22-16-5-3-4-15(20)9-16/h3-10H,11H2,1-2H3,(H,22,25). The third-order valence-corrected chi connectivity index (χ3v) is 4.32. The van der Waals surface area contributed by atoms with Crippen LogP contribution < -0.4 is 5.32 Å². The maximum absolute atomic E-state index is 12.1. The monoisotopic (exact) mass is 476 g/mol. The fourth-order valence-corrected chi connectivity index (χ4v) is 3.01. The molecule has 1 amide bonds. The van der Waals surface area contributed by atoms with E-state index in [4.69, 9.17) is 4.74 Å². The van der Waals surface area contributed by atoms with Gasteiger partial charge in [-0.1, -0.05) is 6.07 Å². The summed E-state index contributed by atoms with van der Waals surface area (Å²) in [6, 6.07) is 12.6. The Morgan fingerprint density at radius 2 is 2.00 bits per heavy atom. The summed E-state index contributed by atoms with van der Waals surface area (Å²) in [5.41, 5.74) is 2.75. The fourth-order valence-electron chi connectivity index (χ4n) is 2.47. The molecule has 1 N–H and O–H groups in total. The molecule has 0 atom stereocenters. The molecule has 0 saturated carbocycles. The maximum Gasteiger partial charge on any atom is 0.340 e. The first kappa shape index (κ1) is 19.0. The number of nitrogens with zero attached hydrogens (tertiary/aromatic N) is 3. The molecule has 27 heavy (non-hydrogen) atoms. The summed E-state index contributed by atoms with van der Waals surface area (Å²) in [7, 11) is 0. The van der Waals surface area contributed by atoms with Gasteiger partial charge < -0.3 is 10.1 Å². The number of rotatable bonds is 5. The Bertz CT molecular complexity index is 983. The van der Waals surface area contributed by atoms with Crippen molar-refractivity contribution in [3.63, 3.8) is 0 Å². The molecule has 7 nitrogen and oxygen atoms in total. The summed E-state index contributed by atoms with van der Waals surface area (Å²) < 4.78 is 7.74. The Labute approximate surface area is 169 Å². The zero-order valence-electron chi connectivity index (χ0n) is 14.8. The zero-order valence-corrected chi connectivity index (χ0v) is 16.9. The molecule has 8 heteroatoms. The van der Waals surface area contributed by atoms with Gasteiger partial charge in [-0.15, -0.1) is 0 Å². The molecular weight excluding hydrogens is 459 g/mol. The van der Waals surface area contributed by atoms with Gasteiger partial charge in [0.05, 0.1) is 11.3 Å². The second-order valence-electron chi connectivity index (χ2n) is 5.88. The molecule has 0 aliphatic rings. The summed E-state index contributed by atoms with van der Waals surface area (Å²) in [6.07, 6.45) is 1.41. The van der Waals surface area contributed by atoms with Crippen LogP contribution in [0.5, 0.6) is 0 Å². The summed E-state index contributed by atoms with van der Waals surface area (Å²) in [5, 5.41) is 7.03. The number of benzene rings is 1. The van der Waals surface area contributed by atoms with Gasteiger partial charge in [0, 0.05) is 21.1 Å². The molecule has 0 bridgehead atoms. The number of aromatic nitrogens is 3. The molecule has 2 heterocycles. The van der Waals surface area contributed by atoms with E-state index in [2.05, 4.69) is 38.0 Å². The van der Waals surface area contributed by atoms with Crippen molar-refractivity contribution in [3.8, 4) is 5.82 Å². The Kier molecular flexibility index (Phi) is 5.84. The molecule has 3 aromatic rings. The van der Waals surface area contributed by atoms with Gasteiger partial charge in [0.1, 0.15) is 0 Å². The number of carbonyl (C=O) groups excluding carboxylic acids is 2. The summed E-state index contributed by atoms with van der Waals surface area (Å²) in [5.74, 6) is -0.411. The highest BCUT2D eigenvalue weighted by molar-refractivity contribution is 14.1. The van der Waals surface area contributed by atoms with Crippen LogP contribution in [0.1, 0.15) is 21.7 Å². The first-order valence-electron chi connectivity index (χ1n) is 8.14. The molecule has 0 fully saturated rings. The van der Waals surface area contributed by atoms with E-state index in [1.54, 1.807) is 22.9 Å². The predicted molar refractivity (Wildman–Crippen MR) is 109 cm³/mol. The molecule has 0 aliphatic carbocycles. The molecule has 0 radical (unpaired) electrons. The molecule has 0 aliphatic heterocycles. The first-order chi connectivity index (χ1) is 12.9. The van der Waals surface area contributed by atoms with E-state index in [0.717, 1.165) is 15.0 Å². The van der Waals surface area contributed by atoms with Crippen LogP contribution in [0.2, 0.25) is 0 Å². The number of pyridine rings is 1. The van der Waals surface area contributed by atoms with Gasteiger partial charge in [-0.2, -0.15) is 5.10 Å². The van der Waals surface area contributed by atoms with Crippen molar-refractivity contribution in [1.29, 1.82) is 0 Å². The number of carbonyl (C=O) groups is 2. The lowest BCUT2D eigenvalue weighted by atomic mass is 10.3. The van der Waals surface area contributed by atoms with Gasteiger partial charge in [0.25, 0.3) is 5.91 Å². The normalized spacial score (nSPS) is 10.5. The van der Waals surface area contributed by atoms with Crippen molar-refractivity contribution in [2.75, 3.05) is 11.9 Å². The zero-order chi connectivity index (χ0) is 19.4. The van der Waals surface area contributed by atoms with Crippen molar-refractivity contribution in [2.45, 2.75) is 13.8 Å².